The van der Waals surface area contributed by atoms with E-state index in [4.69, 9.17) is 11.8 Å². The number of carbonyl (C=O) groups is 2. The number of imide groups is 1. The monoisotopic (exact) mass is 322 g/mol. The summed E-state index contributed by atoms with van der Waals surface area (Å²) < 4.78 is 0. The average molecular weight is 323 g/mol. The molecular formula is C17H23ClN2O2. The van der Waals surface area contributed by atoms with Gasteiger partial charge in [0, 0.05) is 12.6 Å². The maximum atomic E-state index is 12.4. The molecule has 1 heterocycles. The fourth-order valence-corrected chi connectivity index (χ4v) is 3.19. The second-order valence-electron chi connectivity index (χ2n) is 6.52. The third kappa shape index (κ3) is 3.18. The Morgan fingerprint density at radius 2 is 1.73 bits per heavy atom. The van der Waals surface area contributed by atoms with E-state index in [1.165, 1.54) is 4.90 Å². The molecule has 120 valence electrons. The molecule has 1 aliphatic heterocycles. The van der Waals surface area contributed by atoms with E-state index < -0.39 is 0 Å². The van der Waals surface area contributed by atoms with Gasteiger partial charge in [0.2, 0.25) is 0 Å². The molecule has 1 aromatic carbocycles. The molecule has 0 saturated carbocycles. The molecule has 2 amide bonds. The largest absolute Gasteiger partial charge is 0.273 e. The van der Waals surface area contributed by atoms with Crippen LogP contribution in [0, 0.1) is 5.41 Å². The minimum Gasteiger partial charge on any atom is -0.273 e. The van der Waals surface area contributed by atoms with Crippen LogP contribution in [0.3, 0.4) is 0 Å². The number of carbonyl (C=O) groups excluding carboxylic acids is 2. The lowest BCUT2D eigenvalue weighted by Gasteiger charge is -2.35. The zero-order valence-electron chi connectivity index (χ0n) is 13.4. The quantitative estimate of drug-likeness (QED) is 0.616. The van der Waals surface area contributed by atoms with Crippen LogP contribution in [0.4, 0.5) is 0 Å². The standard InChI is InChI=1S/C17H23ClN2O2/c1-4-5-10-17(2,3)14(19-18)11-20-15(21)12-8-6-7-9-13(12)16(20)22/h6-9,14,19H,4-5,10-11H2,1-3H3/t14-/m1/s1. The first-order valence-corrected chi connectivity index (χ1v) is 8.11. The van der Waals surface area contributed by atoms with Crippen molar-refractivity contribution in [2.75, 3.05) is 6.54 Å². The maximum absolute atomic E-state index is 12.4. The van der Waals surface area contributed by atoms with Crippen LogP contribution in [-0.4, -0.2) is 29.3 Å². The van der Waals surface area contributed by atoms with Gasteiger partial charge in [0.05, 0.1) is 11.1 Å². The Bertz CT molecular complexity index is 537. The van der Waals surface area contributed by atoms with Crippen molar-refractivity contribution in [1.82, 2.24) is 9.74 Å². The Morgan fingerprint density at radius 3 is 2.18 bits per heavy atom. The molecule has 0 bridgehead atoms. The lowest BCUT2D eigenvalue weighted by Crippen LogP contribution is -2.48. The summed E-state index contributed by atoms with van der Waals surface area (Å²) in [7, 11) is 0. The van der Waals surface area contributed by atoms with Crippen LogP contribution in [0.15, 0.2) is 24.3 Å². The molecular weight excluding hydrogens is 300 g/mol. The molecule has 0 radical (unpaired) electrons. The number of rotatable bonds is 7. The molecule has 1 atom stereocenters. The maximum Gasteiger partial charge on any atom is 0.261 e. The van der Waals surface area contributed by atoms with Gasteiger partial charge in [-0.15, -0.1) is 0 Å². The van der Waals surface area contributed by atoms with Crippen LogP contribution in [0.1, 0.15) is 60.7 Å². The molecule has 4 nitrogen and oxygen atoms in total. The molecule has 0 unspecified atom stereocenters. The van der Waals surface area contributed by atoms with Gasteiger partial charge in [-0.25, -0.2) is 4.84 Å². The number of hydrogen-bond acceptors (Lipinski definition) is 3. The Kier molecular flexibility index (Phi) is 5.24. The summed E-state index contributed by atoms with van der Waals surface area (Å²) in [6.07, 6.45) is 3.17. The van der Waals surface area contributed by atoms with E-state index in [2.05, 4.69) is 25.6 Å². The first-order chi connectivity index (χ1) is 10.4. The minimum absolute atomic E-state index is 0.104. The van der Waals surface area contributed by atoms with Gasteiger partial charge >= 0.3 is 0 Å². The van der Waals surface area contributed by atoms with Crippen LogP contribution in [-0.2, 0) is 0 Å². The molecule has 1 aromatic rings. The van der Waals surface area contributed by atoms with Crippen molar-refractivity contribution >= 4 is 23.6 Å². The van der Waals surface area contributed by atoms with Gasteiger partial charge < -0.3 is 0 Å². The van der Waals surface area contributed by atoms with Gasteiger partial charge in [0.1, 0.15) is 0 Å². The number of benzene rings is 1. The molecule has 0 saturated heterocycles. The van der Waals surface area contributed by atoms with Gasteiger partial charge in [-0.1, -0.05) is 45.7 Å². The SMILES string of the molecule is CCCCC(C)(C)[C@@H](CN1C(=O)c2ccccc2C1=O)NCl. The van der Waals surface area contributed by atoms with Gasteiger partial charge in [-0.3, -0.25) is 14.5 Å². The summed E-state index contributed by atoms with van der Waals surface area (Å²) in [6, 6.07) is 6.79. The van der Waals surface area contributed by atoms with Crippen molar-refractivity contribution in [3.05, 3.63) is 35.4 Å². The van der Waals surface area contributed by atoms with E-state index in [0.717, 1.165) is 19.3 Å². The highest BCUT2D eigenvalue weighted by Gasteiger charge is 2.39. The first kappa shape index (κ1) is 17.0. The number of fused-ring (bicyclic) bond motifs is 1. The predicted molar refractivity (Wildman–Crippen MR) is 87.9 cm³/mol. The minimum atomic E-state index is -0.233. The first-order valence-electron chi connectivity index (χ1n) is 7.73. The Morgan fingerprint density at radius 1 is 1.18 bits per heavy atom. The molecule has 0 spiro atoms. The van der Waals surface area contributed by atoms with Crippen LogP contribution in [0.5, 0.6) is 0 Å². The lowest BCUT2D eigenvalue weighted by molar-refractivity contribution is 0.0608. The fourth-order valence-electron chi connectivity index (χ4n) is 2.82. The molecule has 0 aromatic heterocycles. The summed E-state index contributed by atoms with van der Waals surface area (Å²) in [4.78, 5) is 28.9. The van der Waals surface area contributed by atoms with E-state index >= 15 is 0 Å². The second kappa shape index (κ2) is 6.80. The van der Waals surface area contributed by atoms with Crippen LogP contribution in [0.25, 0.3) is 0 Å². The van der Waals surface area contributed by atoms with Crippen LogP contribution < -0.4 is 4.84 Å². The Hall–Kier alpha value is -1.39. The average Bonchev–Trinajstić information content (AvgIpc) is 2.75. The highest BCUT2D eigenvalue weighted by atomic mass is 35.5. The zero-order valence-corrected chi connectivity index (χ0v) is 14.1. The number of nitrogens with one attached hydrogen (secondary N) is 1. The summed E-state index contributed by atoms with van der Waals surface area (Å²) in [5.74, 6) is -0.465. The van der Waals surface area contributed by atoms with Gasteiger partial charge in [-0.05, 0) is 35.7 Å². The van der Waals surface area contributed by atoms with E-state index in [-0.39, 0.29) is 29.8 Å². The Balaban J connectivity index is 2.16. The molecule has 1 aliphatic rings. The Labute approximate surface area is 136 Å². The van der Waals surface area contributed by atoms with Crippen molar-refractivity contribution in [3.63, 3.8) is 0 Å². The summed E-state index contributed by atoms with van der Waals surface area (Å²) in [6.45, 7) is 6.65. The third-order valence-corrected chi connectivity index (χ3v) is 4.76. The van der Waals surface area contributed by atoms with Crippen molar-refractivity contribution in [2.24, 2.45) is 5.41 Å². The highest BCUT2D eigenvalue weighted by Crippen LogP contribution is 2.31. The molecule has 0 aliphatic carbocycles. The van der Waals surface area contributed by atoms with E-state index in [1.807, 2.05) is 0 Å². The fraction of sp³-hybridized carbons (Fsp3) is 0.529. The third-order valence-electron chi connectivity index (χ3n) is 4.49. The predicted octanol–water partition coefficient (Wildman–Crippen LogP) is 3.61. The summed E-state index contributed by atoms with van der Waals surface area (Å²) >= 11 is 5.92. The van der Waals surface area contributed by atoms with E-state index in [0.29, 0.717) is 11.1 Å². The highest BCUT2D eigenvalue weighted by molar-refractivity contribution is 6.21. The van der Waals surface area contributed by atoms with E-state index in [9.17, 15) is 9.59 Å². The number of halogens is 1. The number of amides is 2. The number of hydrogen-bond donors (Lipinski definition) is 1. The van der Waals surface area contributed by atoms with Crippen molar-refractivity contribution in [1.29, 1.82) is 0 Å². The lowest BCUT2D eigenvalue weighted by atomic mass is 9.80. The molecule has 1 N–H and O–H groups in total. The summed E-state index contributed by atoms with van der Waals surface area (Å²) in [5, 5.41) is 0. The topological polar surface area (TPSA) is 49.4 Å². The smallest absolute Gasteiger partial charge is 0.261 e. The summed E-state index contributed by atoms with van der Waals surface area (Å²) in [5.41, 5.74) is 0.854. The molecule has 0 fully saturated rings. The van der Waals surface area contributed by atoms with Crippen molar-refractivity contribution in [3.8, 4) is 0 Å². The molecule has 2 rings (SSSR count). The van der Waals surface area contributed by atoms with Crippen LogP contribution in [0.2, 0.25) is 0 Å². The zero-order chi connectivity index (χ0) is 16.3. The normalized spacial score (nSPS) is 16.1. The van der Waals surface area contributed by atoms with Crippen molar-refractivity contribution in [2.45, 2.75) is 46.1 Å². The molecule has 5 heteroatoms. The number of unbranched alkanes of at least 4 members (excludes halogenated alkanes) is 1. The second-order valence-corrected chi connectivity index (χ2v) is 6.74. The van der Waals surface area contributed by atoms with Gasteiger partial charge in [0.15, 0.2) is 0 Å². The molecule has 22 heavy (non-hydrogen) atoms. The van der Waals surface area contributed by atoms with Crippen LogP contribution >= 0.6 is 11.8 Å². The number of nitrogens with zero attached hydrogens (tertiary/aromatic N) is 1. The van der Waals surface area contributed by atoms with E-state index in [1.54, 1.807) is 24.3 Å². The van der Waals surface area contributed by atoms with Gasteiger partial charge in [-0.2, -0.15) is 0 Å². The van der Waals surface area contributed by atoms with Gasteiger partial charge in [0.25, 0.3) is 11.8 Å². The van der Waals surface area contributed by atoms with Crippen molar-refractivity contribution < 1.29 is 9.59 Å².